The minimum absolute atomic E-state index is 0.152. The smallest absolute Gasteiger partial charge is 0.335 e. The average molecular weight is 749 g/mol. The first-order valence-electron chi connectivity index (χ1n) is 15.3. The Kier molecular flexibility index (Phi) is 11.9. The van der Waals surface area contributed by atoms with Gasteiger partial charge in [-0.05, 0) is 86.6 Å². The summed E-state index contributed by atoms with van der Waals surface area (Å²) in [6.07, 6.45) is 0. The fourth-order valence-electron chi connectivity index (χ4n) is 4.99. The number of hydrogen-bond donors (Lipinski definition) is 2. The van der Waals surface area contributed by atoms with E-state index < -0.39 is 16.1 Å². The number of carbonyl (C=O) groups is 1. The Labute approximate surface area is 302 Å². The van der Waals surface area contributed by atoms with Crippen LogP contribution in [0, 0.1) is 0 Å². The van der Waals surface area contributed by atoms with Crippen LogP contribution >= 0.6 is 34.3 Å². The Balaban J connectivity index is 0.000000194. The molecule has 0 aliphatic heterocycles. The van der Waals surface area contributed by atoms with Crippen molar-refractivity contribution in [1.82, 2.24) is 9.13 Å². The molecule has 0 fully saturated rings. The lowest BCUT2D eigenvalue weighted by atomic mass is 10.1. The Morgan fingerprint density at radius 2 is 1.36 bits per heavy atom. The van der Waals surface area contributed by atoms with Gasteiger partial charge in [-0.15, -0.1) is 22.7 Å². The van der Waals surface area contributed by atoms with Crippen molar-refractivity contribution < 1.29 is 27.6 Å². The lowest BCUT2D eigenvalue weighted by Crippen LogP contribution is -2.14. The molecule has 4 aromatic carbocycles. The van der Waals surface area contributed by atoms with Gasteiger partial charge in [-0.3, -0.25) is 4.55 Å². The van der Waals surface area contributed by atoms with Gasteiger partial charge in [0, 0.05) is 40.0 Å². The average Bonchev–Trinajstić information content (AvgIpc) is 3.71. The van der Waals surface area contributed by atoms with Gasteiger partial charge in [0.2, 0.25) is 0 Å². The number of hydrogen-bond acceptors (Lipinski definition) is 8. The van der Waals surface area contributed by atoms with Gasteiger partial charge in [-0.1, -0.05) is 35.9 Å². The maximum Gasteiger partial charge on any atom is 0.335 e. The number of nitrogens with zero attached hydrogens (tertiary/aromatic N) is 4. The van der Waals surface area contributed by atoms with Crippen molar-refractivity contribution in [2.45, 2.75) is 31.8 Å². The Morgan fingerprint density at radius 3 is 1.90 bits per heavy atom. The van der Waals surface area contributed by atoms with Crippen molar-refractivity contribution in [3.05, 3.63) is 128 Å². The molecule has 10 nitrogen and oxygen atoms in total. The molecule has 2 aromatic heterocycles. The van der Waals surface area contributed by atoms with Crippen LogP contribution in [0.3, 0.4) is 0 Å². The van der Waals surface area contributed by atoms with E-state index in [-0.39, 0.29) is 10.5 Å². The number of halogens is 1. The summed E-state index contributed by atoms with van der Waals surface area (Å²) in [5, 5.41) is 13.7. The van der Waals surface area contributed by atoms with E-state index in [0.717, 1.165) is 56.6 Å². The lowest BCUT2D eigenvalue weighted by molar-refractivity contribution is 0.0697. The quantitative estimate of drug-likeness (QED) is 0.142. The lowest BCUT2D eigenvalue weighted by Gasteiger charge is -2.10. The highest BCUT2D eigenvalue weighted by Gasteiger charge is 2.12. The fourth-order valence-corrected chi connectivity index (χ4v) is 7.64. The van der Waals surface area contributed by atoms with Gasteiger partial charge in [-0.2, -0.15) is 8.42 Å². The molecule has 14 heteroatoms. The molecule has 0 radical (unpaired) electrons. The maximum absolute atomic E-state index is 11.1. The van der Waals surface area contributed by atoms with Gasteiger partial charge in [0.25, 0.3) is 10.1 Å². The fraction of sp³-hybridized carbons (Fsp3) is 0.139. The predicted octanol–water partition coefficient (Wildman–Crippen LogP) is 8.54. The molecule has 0 aliphatic rings. The number of thiazole rings is 2. The van der Waals surface area contributed by atoms with Crippen molar-refractivity contribution in [3.8, 4) is 28.3 Å². The normalized spacial score (nSPS) is 12.0. The highest BCUT2D eigenvalue weighted by atomic mass is 35.5. The molecular formula is C36H33ClN4O6S3. The van der Waals surface area contributed by atoms with Gasteiger partial charge in [0.05, 0.1) is 40.3 Å². The summed E-state index contributed by atoms with van der Waals surface area (Å²) in [5.74, 6) is -0.121. The SMILES string of the molecule is CCn1c(-c2cccc(Cl)c2)cs/c1=N\c1ccc(S(=O)(=O)O)cc1.CCn1c(-c2ccccc2OC)cs/c1=N\c1ccc(C(=O)O)cc1. The molecule has 50 heavy (non-hydrogen) atoms. The van der Waals surface area contributed by atoms with Crippen molar-refractivity contribution in [1.29, 1.82) is 0 Å². The van der Waals surface area contributed by atoms with Crippen LogP contribution in [-0.4, -0.2) is 40.3 Å². The summed E-state index contributed by atoms with van der Waals surface area (Å²) in [5.41, 5.74) is 5.67. The number of aromatic nitrogens is 2. The standard InChI is InChI=1S/C19H18N2O3S.C17H15ClN2O3S2/c1-3-21-16(15-6-4-5-7-17(15)24-2)12-25-19(21)20-14-10-8-13(9-11-14)18(22)23;1-2-20-16(12-4-3-5-13(18)10-12)11-24-17(20)19-14-6-8-15(9-7-14)25(21,22)23/h4-12H,3H2,1-2H3,(H,22,23);3-11H,2H2,1H3,(H,21,22,23)/b20-19-;19-17-. The Morgan fingerprint density at radius 1 is 0.800 bits per heavy atom. The molecular weight excluding hydrogens is 716 g/mol. The van der Waals surface area contributed by atoms with Crippen LogP contribution in [-0.2, 0) is 23.2 Å². The van der Waals surface area contributed by atoms with E-state index in [2.05, 4.69) is 31.4 Å². The second kappa shape index (κ2) is 16.3. The first kappa shape index (κ1) is 36.5. The highest BCUT2D eigenvalue weighted by Crippen LogP contribution is 2.30. The second-order valence-electron chi connectivity index (χ2n) is 10.6. The van der Waals surface area contributed by atoms with Gasteiger partial charge in [0.1, 0.15) is 5.75 Å². The Hall–Kier alpha value is -4.79. The van der Waals surface area contributed by atoms with E-state index in [0.29, 0.717) is 10.7 Å². The third kappa shape index (κ3) is 8.67. The van der Waals surface area contributed by atoms with Crippen LogP contribution in [0.2, 0.25) is 5.02 Å². The third-order valence-electron chi connectivity index (χ3n) is 7.43. The van der Waals surface area contributed by atoms with Crippen LogP contribution in [0.1, 0.15) is 24.2 Å². The molecule has 0 saturated carbocycles. The summed E-state index contributed by atoms with van der Waals surface area (Å²) in [6, 6.07) is 27.8. The number of para-hydroxylation sites is 1. The zero-order valence-electron chi connectivity index (χ0n) is 27.2. The number of ether oxygens (including phenoxy) is 1. The first-order chi connectivity index (χ1) is 24.0. The molecule has 0 atom stereocenters. The topological polar surface area (TPSA) is 135 Å². The van der Waals surface area contributed by atoms with Gasteiger partial charge in [0.15, 0.2) is 9.60 Å². The number of methoxy groups -OCH3 is 1. The minimum atomic E-state index is -4.20. The molecule has 6 rings (SSSR count). The van der Waals surface area contributed by atoms with Gasteiger partial charge < -0.3 is 19.0 Å². The number of aromatic carboxylic acids is 1. The summed E-state index contributed by atoms with van der Waals surface area (Å²) in [4.78, 5) is 21.7. The Bertz CT molecular complexity index is 2360. The zero-order chi connectivity index (χ0) is 35.8. The molecule has 0 bridgehead atoms. The van der Waals surface area contributed by atoms with E-state index in [4.69, 9.17) is 26.0 Å². The van der Waals surface area contributed by atoms with E-state index in [1.165, 1.54) is 23.5 Å². The largest absolute Gasteiger partial charge is 0.496 e. The number of rotatable bonds is 9. The zero-order valence-corrected chi connectivity index (χ0v) is 30.4. The van der Waals surface area contributed by atoms with Crippen molar-refractivity contribution in [2.75, 3.05) is 7.11 Å². The van der Waals surface area contributed by atoms with Crippen LogP contribution in [0.25, 0.3) is 22.5 Å². The molecule has 0 saturated heterocycles. The summed E-state index contributed by atoms with van der Waals surface area (Å²) >= 11 is 9.12. The van der Waals surface area contributed by atoms with Crippen LogP contribution in [0.5, 0.6) is 5.75 Å². The minimum Gasteiger partial charge on any atom is -0.496 e. The summed E-state index contributed by atoms with van der Waals surface area (Å²) in [6.45, 7) is 5.59. The van der Waals surface area contributed by atoms with Gasteiger partial charge in [-0.25, -0.2) is 14.8 Å². The number of carboxylic acids is 1. The highest BCUT2D eigenvalue weighted by molar-refractivity contribution is 7.85. The van der Waals surface area contributed by atoms with Crippen molar-refractivity contribution in [3.63, 3.8) is 0 Å². The second-order valence-corrected chi connectivity index (χ2v) is 14.1. The molecule has 0 unspecified atom stereocenters. The molecule has 0 spiro atoms. The van der Waals surface area contributed by atoms with Crippen LogP contribution in [0.15, 0.2) is 123 Å². The van der Waals surface area contributed by atoms with E-state index in [9.17, 15) is 13.2 Å². The van der Waals surface area contributed by atoms with Crippen LogP contribution < -0.4 is 14.3 Å². The molecule has 2 heterocycles. The number of benzene rings is 4. The van der Waals surface area contributed by atoms with Crippen molar-refractivity contribution in [2.24, 2.45) is 9.98 Å². The van der Waals surface area contributed by atoms with Gasteiger partial charge >= 0.3 is 5.97 Å². The summed E-state index contributed by atoms with van der Waals surface area (Å²) in [7, 11) is -2.53. The maximum atomic E-state index is 11.1. The van der Waals surface area contributed by atoms with Crippen molar-refractivity contribution >= 4 is 61.7 Å². The van der Waals surface area contributed by atoms with E-state index >= 15 is 0 Å². The van der Waals surface area contributed by atoms with E-state index in [1.807, 2.05) is 60.8 Å². The predicted molar refractivity (Wildman–Crippen MR) is 199 cm³/mol. The van der Waals surface area contributed by atoms with Crippen LogP contribution in [0.4, 0.5) is 11.4 Å². The molecule has 0 aliphatic carbocycles. The monoisotopic (exact) mass is 748 g/mol. The third-order valence-corrected chi connectivity index (χ3v) is 10.3. The first-order valence-corrected chi connectivity index (χ1v) is 18.9. The molecule has 2 N–H and O–H groups in total. The molecule has 6 aromatic rings. The molecule has 0 amide bonds. The molecule has 258 valence electrons. The van der Waals surface area contributed by atoms with E-state index in [1.54, 1.807) is 54.8 Å². The summed E-state index contributed by atoms with van der Waals surface area (Å²) < 4.78 is 40.9. The number of carboxylic acid groups (broad SMARTS) is 1.